The van der Waals surface area contributed by atoms with Crippen LogP contribution in [0.1, 0.15) is 27.8 Å². The Morgan fingerprint density at radius 1 is 0.846 bits per heavy atom. The van der Waals surface area contributed by atoms with E-state index in [1.165, 1.54) is 27.8 Å². The summed E-state index contributed by atoms with van der Waals surface area (Å²) >= 11 is 12.7. The molecule has 0 atom stereocenters. The third kappa shape index (κ3) is 3.13. The first-order valence-corrected chi connectivity index (χ1v) is 9.34. The van der Waals surface area contributed by atoms with Crippen molar-refractivity contribution in [2.45, 2.75) is 12.8 Å². The van der Waals surface area contributed by atoms with Crippen molar-refractivity contribution in [1.29, 1.82) is 0 Å². The minimum atomic E-state index is 0.611. The van der Waals surface area contributed by atoms with E-state index in [9.17, 15) is 0 Å². The van der Waals surface area contributed by atoms with E-state index in [2.05, 4.69) is 36.4 Å². The number of fused-ring (bicyclic) bond motifs is 2. The summed E-state index contributed by atoms with van der Waals surface area (Å²) in [7, 11) is 1.63. The molecule has 1 aliphatic rings. The van der Waals surface area contributed by atoms with Gasteiger partial charge in [0.25, 0.3) is 0 Å². The predicted molar refractivity (Wildman–Crippen MR) is 110 cm³/mol. The van der Waals surface area contributed by atoms with Crippen LogP contribution in [0.3, 0.4) is 0 Å². The lowest BCUT2D eigenvalue weighted by Gasteiger charge is -2.13. The Balaban J connectivity index is 1.96. The third-order valence-corrected chi connectivity index (χ3v) is 5.51. The van der Waals surface area contributed by atoms with E-state index in [4.69, 9.17) is 27.9 Å². The lowest BCUT2D eigenvalue weighted by atomic mass is 9.92. The first-order chi connectivity index (χ1) is 12.7. The van der Waals surface area contributed by atoms with Gasteiger partial charge in [-0.25, -0.2) is 0 Å². The van der Waals surface area contributed by atoms with Crippen molar-refractivity contribution in [3.05, 3.63) is 98.5 Å². The van der Waals surface area contributed by atoms with Gasteiger partial charge in [-0.3, -0.25) is 0 Å². The summed E-state index contributed by atoms with van der Waals surface area (Å²) in [6, 6.07) is 20.6. The molecule has 0 unspecified atom stereocenters. The molecule has 0 fully saturated rings. The van der Waals surface area contributed by atoms with E-state index in [0.717, 1.165) is 23.4 Å². The van der Waals surface area contributed by atoms with Crippen LogP contribution in [0.2, 0.25) is 10.0 Å². The van der Waals surface area contributed by atoms with Gasteiger partial charge in [0.1, 0.15) is 5.75 Å². The van der Waals surface area contributed by atoms with Crippen molar-refractivity contribution < 1.29 is 4.74 Å². The Labute approximate surface area is 163 Å². The van der Waals surface area contributed by atoms with E-state index < -0.39 is 0 Å². The van der Waals surface area contributed by atoms with E-state index in [-0.39, 0.29) is 0 Å². The Morgan fingerprint density at radius 3 is 2.50 bits per heavy atom. The molecule has 0 aliphatic heterocycles. The molecule has 0 amide bonds. The number of rotatable bonds is 2. The summed E-state index contributed by atoms with van der Waals surface area (Å²) in [6.07, 6.45) is 4.11. The van der Waals surface area contributed by atoms with E-state index in [1.807, 2.05) is 30.3 Å². The first kappa shape index (κ1) is 17.2. The Hall–Kier alpha value is -2.22. The number of halogens is 2. The maximum Gasteiger partial charge on any atom is 0.138 e. The lowest BCUT2D eigenvalue weighted by molar-refractivity contribution is 0.415. The molecule has 1 aliphatic carbocycles. The second kappa shape index (κ2) is 7.19. The molecule has 3 aromatic rings. The van der Waals surface area contributed by atoms with Crippen molar-refractivity contribution in [2.75, 3.05) is 7.11 Å². The van der Waals surface area contributed by atoms with Gasteiger partial charge in [0.05, 0.1) is 12.1 Å². The Kier molecular flexibility index (Phi) is 4.76. The highest BCUT2D eigenvalue weighted by Gasteiger charge is 2.19. The number of ether oxygens (including phenoxy) is 1. The highest BCUT2D eigenvalue weighted by Crippen LogP contribution is 2.38. The molecular weight excluding hydrogens is 363 g/mol. The summed E-state index contributed by atoms with van der Waals surface area (Å²) < 4.78 is 5.38. The summed E-state index contributed by atoms with van der Waals surface area (Å²) in [5.41, 5.74) is 7.21. The molecule has 130 valence electrons. The molecule has 0 saturated heterocycles. The van der Waals surface area contributed by atoms with Gasteiger partial charge in [0.2, 0.25) is 0 Å². The van der Waals surface area contributed by atoms with Crippen molar-refractivity contribution >= 4 is 34.9 Å². The normalized spacial score (nSPS) is 14.5. The smallest absolute Gasteiger partial charge is 0.138 e. The topological polar surface area (TPSA) is 9.23 Å². The van der Waals surface area contributed by atoms with Gasteiger partial charge in [-0.1, -0.05) is 65.7 Å². The van der Waals surface area contributed by atoms with E-state index in [1.54, 1.807) is 7.11 Å². The monoisotopic (exact) mass is 380 g/mol. The second-order valence-electron chi connectivity index (χ2n) is 6.38. The molecule has 3 aromatic carbocycles. The van der Waals surface area contributed by atoms with Crippen LogP contribution in [-0.2, 0) is 12.8 Å². The Morgan fingerprint density at radius 2 is 1.65 bits per heavy atom. The van der Waals surface area contributed by atoms with Crippen LogP contribution in [0.15, 0.2) is 60.7 Å². The maximum absolute atomic E-state index is 6.53. The van der Waals surface area contributed by atoms with Gasteiger partial charge in [-0.05, 0) is 70.5 Å². The zero-order valence-corrected chi connectivity index (χ0v) is 15.9. The Bertz CT molecular complexity index is 1000. The van der Waals surface area contributed by atoms with E-state index in [0.29, 0.717) is 10.8 Å². The molecule has 0 bridgehead atoms. The van der Waals surface area contributed by atoms with Gasteiger partial charge in [0, 0.05) is 5.02 Å². The van der Waals surface area contributed by atoms with Gasteiger partial charge in [-0.2, -0.15) is 0 Å². The molecule has 0 N–H and O–H groups in total. The number of benzene rings is 3. The van der Waals surface area contributed by atoms with Gasteiger partial charge >= 0.3 is 0 Å². The van der Waals surface area contributed by atoms with Crippen molar-refractivity contribution in [3.8, 4) is 5.75 Å². The maximum atomic E-state index is 6.53. The lowest BCUT2D eigenvalue weighted by Crippen LogP contribution is -1.93. The SMILES string of the molecule is COc1cc(C=C2c3ccccc3CCc3c(Cl)cccc32)ccc1Cl. The average Bonchev–Trinajstić information content (AvgIpc) is 2.82. The average molecular weight is 381 g/mol. The largest absolute Gasteiger partial charge is 0.495 e. The van der Waals surface area contributed by atoms with Gasteiger partial charge in [-0.15, -0.1) is 0 Å². The molecule has 0 heterocycles. The van der Waals surface area contributed by atoms with Crippen molar-refractivity contribution in [1.82, 2.24) is 0 Å². The number of hydrogen-bond donors (Lipinski definition) is 0. The van der Waals surface area contributed by atoms with Crippen LogP contribution >= 0.6 is 23.2 Å². The first-order valence-electron chi connectivity index (χ1n) is 8.58. The second-order valence-corrected chi connectivity index (χ2v) is 7.19. The molecule has 0 aromatic heterocycles. The molecule has 26 heavy (non-hydrogen) atoms. The highest BCUT2D eigenvalue weighted by atomic mass is 35.5. The minimum absolute atomic E-state index is 0.611. The number of hydrogen-bond acceptors (Lipinski definition) is 1. The summed E-state index contributed by atoms with van der Waals surface area (Å²) in [4.78, 5) is 0. The standard InChI is InChI=1S/C23H18Cl2O/c1-26-23-14-15(9-12-22(23)25)13-20-17-6-3-2-5-16(17)10-11-19-18(20)7-4-8-21(19)24/h2-9,12-14H,10-11H2,1H3. The quantitative estimate of drug-likeness (QED) is 0.481. The van der Waals surface area contributed by atoms with Crippen molar-refractivity contribution in [3.63, 3.8) is 0 Å². The number of aryl methyl sites for hydroxylation is 1. The van der Waals surface area contributed by atoms with Crippen LogP contribution < -0.4 is 4.74 Å². The summed E-state index contributed by atoms with van der Waals surface area (Å²) in [5, 5.41) is 1.44. The van der Waals surface area contributed by atoms with Gasteiger partial charge < -0.3 is 4.74 Å². The fourth-order valence-electron chi connectivity index (χ4n) is 3.56. The van der Waals surface area contributed by atoms with Crippen LogP contribution in [0, 0.1) is 0 Å². The molecule has 0 radical (unpaired) electrons. The molecule has 1 nitrogen and oxygen atoms in total. The third-order valence-electron chi connectivity index (χ3n) is 4.85. The number of methoxy groups -OCH3 is 1. The molecule has 0 saturated carbocycles. The van der Waals surface area contributed by atoms with Crippen LogP contribution in [-0.4, -0.2) is 7.11 Å². The van der Waals surface area contributed by atoms with Crippen molar-refractivity contribution in [2.24, 2.45) is 0 Å². The zero-order valence-electron chi connectivity index (χ0n) is 14.4. The fraction of sp³-hybridized carbons (Fsp3) is 0.130. The minimum Gasteiger partial charge on any atom is -0.495 e. The molecular formula is C23H18Cl2O. The molecule has 3 heteroatoms. The summed E-state index contributed by atoms with van der Waals surface area (Å²) in [6.45, 7) is 0. The van der Waals surface area contributed by atoms with Crippen LogP contribution in [0.25, 0.3) is 11.6 Å². The van der Waals surface area contributed by atoms with E-state index >= 15 is 0 Å². The predicted octanol–water partition coefficient (Wildman–Crippen LogP) is 6.69. The zero-order chi connectivity index (χ0) is 18.1. The van der Waals surface area contributed by atoms with Crippen LogP contribution in [0.4, 0.5) is 0 Å². The fourth-order valence-corrected chi connectivity index (χ4v) is 4.02. The molecule has 4 rings (SSSR count). The highest BCUT2D eigenvalue weighted by molar-refractivity contribution is 6.32. The summed E-state index contributed by atoms with van der Waals surface area (Å²) in [5.74, 6) is 0.675. The van der Waals surface area contributed by atoms with Crippen LogP contribution in [0.5, 0.6) is 5.75 Å². The van der Waals surface area contributed by atoms with Gasteiger partial charge in [0.15, 0.2) is 0 Å². The molecule has 0 spiro atoms.